The first-order valence-corrected chi connectivity index (χ1v) is 22.5. The van der Waals surface area contributed by atoms with Gasteiger partial charge in [-0.25, -0.2) is 0 Å². The van der Waals surface area contributed by atoms with Crippen molar-refractivity contribution in [1.82, 2.24) is 0 Å². The average Bonchev–Trinajstić information content (AvgIpc) is 3.58. The van der Waals surface area contributed by atoms with Crippen molar-refractivity contribution >= 4 is 68.5 Å². The topological polar surface area (TPSA) is 81.7 Å². The maximum atomic E-state index is 10.2. The third kappa shape index (κ3) is 12.8. The molecule has 243 valence electrons. The Morgan fingerprint density at radius 1 is 0.521 bits per heavy atom. The first-order chi connectivity index (χ1) is 21.6. The number of aryl methyl sites for hydroxylation is 2. The van der Waals surface area contributed by atoms with Gasteiger partial charge in [0.2, 0.25) is 0 Å². The van der Waals surface area contributed by atoms with Crippen LogP contribution in [0.5, 0.6) is 0 Å². The number of carbonyl (C=O) groups is 2. The third-order valence-electron chi connectivity index (χ3n) is 7.32. The quantitative estimate of drug-likeness (QED) is 0.131. The molecule has 0 aromatic heterocycles. The van der Waals surface area contributed by atoms with Crippen LogP contribution in [-0.4, -0.2) is 47.0 Å². The number of fused-ring (bicyclic) bond motifs is 2. The third-order valence-corrected chi connectivity index (χ3v) is 10.0. The Morgan fingerprint density at radius 2 is 0.812 bits per heavy atom. The minimum atomic E-state index is -1.71. The fourth-order valence-electron chi connectivity index (χ4n) is 4.51. The second-order valence-electron chi connectivity index (χ2n) is 13.6. The fourth-order valence-corrected chi connectivity index (χ4v) is 4.51. The smallest absolute Gasteiger partial charge is 0.672 e. The molecule has 0 fully saturated rings. The zero-order valence-corrected chi connectivity index (χ0v) is 36.3. The van der Waals surface area contributed by atoms with Crippen molar-refractivity contribution in [2.75, 3.05) is 0 Å². The molecule has 0 saturated heterocycles. The Kier molecular flexibility index (Phi) is 17.3. The van der Waals surface area contributed by atoms with Crippen molar-refractivity contribution in [3.63, 3.8) is 0 Å². The largest absolute Gasteiger partial charge is 4.00 e. The maximum absolute atomic E-state index is 10.2. The summed E-state index contributed by atoms with van der Waals surface area (Å²) in [6.45, 7) is 15.5. The van der Waals surface area contributed by atoms with Crippen LogP contribution in [0.3, 0.4) is 0 Å². The molecule has 0 bridgehead atoms. The van der Waals surface area contributed by atoms with Gasteiger partial charge in [0, 0.05) is 30.9 Å². The zero-order valence-electron chi connectivity index (χ0n) is 29.4. The second kappa shape index (κ2) is 19.3. The standard InChI is InChI=1S/2C16H13.2C4H11NOSi.Ga.Zr/c2*1-12-10-14-8-5-9-15(16(14)11-12)13-6-3-2-4-7-13;2*1-7(2,3)4(5)6;;/h2*2-11H,1H3;2*1-3H3,(H2,5,6);;/q2*-1;;;;+4/p-2. The molecule has 0 aliphatic heterocycles. The second-order valence-corrected chi connectivity index (χ2v) is 23.5. The Labute approximate surface area is 321 Å². The van der Waals surface area contributed by atoms with Crippen molar-refractivity contribution < 1.29 is 35.8 Å². The Morgan fingerprint density at radius 3 is 1.08 bits per heavy atom. The van der Waals surface area contributed by atoms with Crippen LogP contribution in [0, 0.1) is 13.8 Å². The van der Waals surface area contributed by atoms with E-state index in [-0.39, 0.29) is 57.1 Å². The molecule has 0 atom stereocenters. The molecule has 2 amide bonds. The number of amides is 2. The van der Waals surface area contributed by atoms with Crippen LogP contribution < -0.4 is 0 Å². The van der Waals surface area contributed by atoms with Gasteiger partial charge in [-0.1, -0.05) is 137 Å². The van der Waals surface area contributed by atoms with Crippen molar-refractivity contribution in [1.29, 1.82) is 0 Å². The minimum Gasteiger partial charge on any atom is -0.672 e. The van der Waals surface area contributed by atoms with E-state index in [1.165, 1.54) is 54.9 Å². The summed E-state index contributed by atoms with van der Waals surface area (Å²) < 4.78 is 0. The average molecular weight is 804 g/mol. The minimum absolute atomic E-state index is 0. The van der Waals surface area contributed by atoms with Gasteiger partial charge in [0.1, 0.15) is 0 Å². The summed E-state index contributed by atoms with van der Waals surface area (Å²) >= 11 is 0. The van der Waals surface area contributed by atoms with Gasteiger partial charge in [-0.2, -0.15) is 12.1 Å². The number of nitrogens with one attached hydrogen (secondary N) is 2. The molecule has 0 aliphatic carbocycles. The normalized spacial score (nSPS) is 10.5. The molecule has 0 saturated carbocycles. The van der Waals surface area contributed by atoms with Gasteiger partial charge in [0.15, 0.2) is 0 Å². The number of carbonyl (C=O) groups excluding carboxylic acids is 2. The van der Waals surface area contributed by atoms with Gasteiger partial charge in [-0.05, 0) is 11.1 Å². The molecular formula is C40H46GaN2O2Si2Zr. The van der Waals surface area contributed by atoms with Crippen LogP contribution >= 0.6 is 0 Å². The number of hydrogen-bond acceptors (Lipinski definition) is 2. The van der Waals surface area contributed by atoms with E-state index in [4.69, 9.17) is 11.5 Å². The predicted molar refractivity (Wildman–Crippen MR) is 211 cm³/mol. The van der Waals surface area contributed by atoms with Gasteiger partial charge in [0.25, 0.3) is 0 Å². The van der Waals surface area contributed by atoms with Gasteiger partial charge in [0.05, 0.1) is 16.1 Å². The molecule has 0 aliphatic rings. The molecule has 8 heteroatoms. The molecular weight excluding hydrogens is 758 g/mol. The number of hydrogen-bond donors (Lipinski definition) is 0. The first-order valence-electron chi connectivity index (χ1n) is 15.5. The van der Waals surface area contributed by atoms with Gasteiger partial charge in [-0.15, -0.1) is 69.1 Å². The monoisotopic (exact) mass is 801 g/mol. The summed E-state index contributed by atoms with van der Waals surface area (Å²) in [5.74, 6) is 0. The molecule has 4 nitrogen and oxygen atoms in total. The van der Waals surface area contributed by atoms with Crippen LogP contribution in [-0.2, 0) is 26.2 Å². The van der Waals surface area contributed by atoms with Crippen LogP contribution in [0.4, 0.5) is 9.59 Å². The maximum Gasteiger partial charge on any atom is 4.00 e. The first kappa shape index (κ1) is 43.0. The van der Waals surface area contributed by atoms with Crippen molar-refractivity contribution in [2.45, 2.75) is 53.1 Å². The molecule has 0 heterocycles. The van der Waals surface area contributed by atoms with Gasteiger partial charge < -0.3 is 21.1 Å². The summed E-state index contributed by atoms with van der Waals surface area (Å²) in [7, 11) is -3.41. The Bertz CT molecular complexity index is 1750. The summed E-state index contributed by atoms with van der Waals surface area (Å²) in [6.07, 6.45) is 0. The number of rotatable bonds is 4. The van der Waals surface area contributed by atoms with E-state index in [1.807, 2.05) is 39.3 Å². The van der Waals surface area contributed by atoms with E-state index >= 15 is 0 Å². The van der Waals surface area contributed by atoms with Crippen LogP contribution in [0.25, 0.3) is 55.3 Å². The molecule has 0 spiro atoms. The molecule has 2 N–H and O–H groups in total. The summed E-state index contributed by atoms with van der Waals surface area (Å²) in [5.41, 5.74) is 20.5. The summed E-state index contributed by atoms with van der Waals surface area (Å²) in [5, 5.41) is 5.37. The van der Waals surface area contributed by atoms with Crippen LogP contribution in [0.1, 0.15) is 11.1 Å². The van der Waals surface area contributed by atoms with E-state index in [9.17, 15) is 9.59 Å². The van der Waals surface area contributed by atoms with E-state index in [0.29, 0.717) is 0 Å². The van der Waals surface area contributed by atoms with Crippen LogP contribution in [0.2, 0.25) is 39.3 Å². The molecule has 0 unspecified atom stereocenters. The summed E-state index contributed by atoms with van der Waals surface area (Å²) in [4.78, 5) is 20.4. The van der Waals surface area contributed by atoms with E-state index in [0.717, 1.165) is 0 Å². The van der Waals surface area contributed by atoms with E-state index in [1.54, 1.807) is 0 Å². The van der Waals surface area contributed by atoms with E-state index in [2.05, 4.69) is 135 Å². The Balaban J connectivity index is 0.000000340. The van der Waals surface area contributed by atoms with Crippen molar-refractivity contribution in [2.24, 2.45) is 0 Å². The van der Waals surface area contributed by atoms with E-state index < -0.39 is 16.1 Å². The van der Waals surface area contributed by atoms with Crippen molar-refractivity contribution in [3.8, 4) is 22.3 Å². The SMILES string of the molecule is C[Si](C)(C)C([NH-])=O.C[Si](C)(C)C([NH-])=O.Cc1cc2c(-c3ccccc3)cccc2[cH-]1.Cc1cc2c(-c3ccccc3)cccc2[cH-]1.[Ga].[Zr+4]. The predicted octanol–water partition coefficient (Wildman–Crippen LogP) is 12.8. The molecule has 6 rings (SSSR count). The molecule has 48 heavy (non-hydrogen) atoms. The van der Waals surface area contributed by atoms with Crippen LogP contribution in [0.15, 0.2) is 121 Å². The van der Waals surface area contributed by atoms with Gasteiger partial charge >= 0.3 is 26.2 Å². The molecule has 3 radical (unpaired) electrons. The van der Waals surface area contributed by atoms with Gasteiger partial charge in [-0.3, -0.25) is 0 Å². The Hall–Kier alpha value is -3.01. The van der Waals surface area contributed by atoms with Crippen molar-refractivity contribution in [3.05, 3.63) is 144 Å². The number of benzene rings is 4. The molecule has 6 aromatic rings. The fraction of sp³-hybridized carbons (Fsp3) is 0.200. The molecule has 6 aromatic carbocycles. The summed E-state index contributed by atoms with van der Waals surface area (Å²) in [6, 6.07) is 43.1. The zero-order chi connectivity index (χ0) is 34.1.